The van der Waals surface area contributed by atoms with E-state index in [9.17, 15) is 4.39 Å². The standard InChI is InChI=1S/C16H11FN4OS/c17-11-7-10(18)1-2-12(11)22-13-3-5-19-16-14(13)20-15(21-16)9-4-6-23-8-9/h1-8H,18H2,(H,19,20,21). The van der Waals surface area contributed by atoms with Crippen LogP contribution < -0.4 is 10.5 Å². The number of hydrogen-bond donors (Lipinski definition) is 2. The summed E-state index contributed by atoms with van der Waals surface area (Å²) in [4.78, 5) is 11.8. The number of benzene rings is 1. The SMILES string of the molecule is Nc1ccc(Oc2ccnc3nc(-c4ccsc4)[nH]c23)c(F)c1. The van der Waals surface area contributed by atoms with Gasteiger partial charge in [-0.25, -0.2) is 14.4 Å². The maximum atomic E-state index is 13.9. The number of aromatic nitrogens is 3. The third-order valence-corrected chi connectivity index (χ3v) is 4.01. The number of fused-ring (bicyclic) bond motifs is 1. The number of nitrogens with two attached hydrogens (primary N) is 1. The van der Waals surface area contributed by atoms with E-state index in [2.05, 4.69) is 15.0 Å². The Hall–Kier alpha value is -2.93. The van der Waals surface area contributed by atoms with Crippen LogP contribution in [0.1, 0.15) is 0 Å². The molecule has 3 aromatic heterocycles. The minimum absolute atomic E-state index is 0.0957. The van der Waals surface area contributed by atoms with Crippen molar-refractivity contribution in [3.05, 3.63) is 53.1 Å². The zero-order chi connectivity index (χ0) is 15.8. The summed E-state index contributed by atoms with van der Waals surface area (Å²) in [6.07, 6.45) is 1.57. The average molecular weight is 326 g/mol. The van der Waals surface area contributed by atoms with E-state index in [4.69, 9.17) is 10.5 Å². The molecule has 0 bridgehead atoms. The molecule has 0 radical (unpaired) electrons. The second-order valence-corrected chi connectivity index (χ2v) is 5.68. The number of rotatable bonds is 3. The maximum absolute atomic E-state index is 13.9. The number of nitrogens with one attached hydrogen (secondary N) is 1. The second kappa shape index (κ2) is 5.36. The smallest absolute Gasteiger partial charge is 0.181 e. The van der Waals surface area contributed by atoms with Crippen LogP contribution in [-0.4, -0.2) is 15.0 Å². The van der Waals surface area contributed by atoms with E-state index in [-0.39, 0.29) is 5.75 Å². The lowest BCUT2D eigenvalue weighted by molar-refractivity contribution is 0.446. The van der Waals surface area contributed by atoms with E-state index in [1.54, 1.807) is 29.7 Å². The van der Waals surface area contributed by atoms with Gasteiger partial charge in [0.2, 0.25) is 0 Å². The monoisotopic (exact) mass is 326 g/mol. The summed E-state index contributed by atoms with van der Waals surface area (Å²) in [6.45, 7) is 0. The molecule has 1 aromatic carbocycles. The number of hydrogen-bond acceptors (Lipinski definition) is 5. The molecule has 3 N–H and O–H groups in total. The van der Waals surface area contributed by atoms with Gasteiger partial charge in [0.25, 0.3) is 0 Å². The fraction of sp³-hybridized carbons (Fsp3) is 0. The molecule has 0 saturated carbocycles. The van der Waals surface area contributed by atoms with Crippen molar-refractivity contribution in [2.45, 2.75) is 0 Å². The molecule has 0 aliphatic carbocycles. The van der Waals surface area contributed by atoms with Crippen LogP contribution in [0.15, 0.2) is 47.3 Å². The molecule has 0 saturated heterocycles. The minimum atomic E-state index is -0.521. The van der Waals surface area contributed by atoms with Gasteiger partial charge in [0, 0.05) is 35.0 Å². The number of ether oxygens (including phenoxy) is 1. The normalized spacial score (nSPS) is 11.0. The molecule has 0 amide bonds. The zero-order valence-electron chi connectivity index (χ0n) is 11.8. The lowest BCUT2D eigenvalue weighted by atomic mass is 10.3. The Kier molecular flexibility index (Phi) is 3.20. The van der Waals surface area contributed by atoms with Gasteiger partial charge in [0.05, 0.1) is 0 Å². The van der Waals surface area contributed by atoms with Crippen molar-refractivity contribution in [2.75, 3.05) is 5.73 Å². The predicted octanol–water partition coefficient (Wildman–Crippen LogP) is 4.20. The molecule has 4 aromatic rings. The number of aromatic amines is 1. The summed E-state index contributed by atoms with van der Waals surface area (Å²) in [5.74, 6) is 0.723. The van der Waals surface area contributed by atoms with Crippen molar-refractivity contribution in [3.8, 4) is 22.9 Å². The van der Waals surface area contributed by atoms with Crippen molar-refractivity contribution < 1.29 is 9.13 Å². The lowest BCUT2D eigenvalue weighted by Crippen LogP contribution is -1.92. The van der Waals surface area contributed by atoms with Crippen molar-refractivity contribution in [1.29, 1.82) is 0 Å². The van der Waals surface area contributed by atoms with Gasteiger partial charge >= 0.3 is 0 Å². The lowest BCUT2D eigenvalue weighted by Gasteiger charge is -2.07. The highest BCUT2D eigenvalue weighted by Crippen LogP contribution is 2.31. The Bertz CT molecular complexity index is 981. The quantitative estimate of drug-likeness (QED) is 0.553. The Morgan fingerprint density at radius 1 is 1.17 bits per heavy atom. The first-order valence-electron chi connectivity index (χ1n) is 6.81. The molecule has 23 heavy (non-hydrogen) atoms. The highest BCUT2D eigenvalue weighted by Gasteiger charge is 2.13. The summed E-state index contributed by atoms with van der Waals surface area (Å²) in [5.41, 5.74) is 7.99. The van der Waals surface area contributed by atoms with Crippen molar-refractivity contribution in [3.63, 3.8) is 0 Å². The molecule has 4 rings (SSSR count). The van der Waals surface area contributed by atoms with Crippen molar-refractivity contribution in [2.24, 2.45) is 0 Å². The van der Waals surface area contributed by atoms with Crippen LogP contribution in [0.4, 0.5) is 10.1 Å². The van der Waals surface area contributed by atoms with E-state index < -0.39 is 5.82 Å². The van der Waals surface area contributed by atoms with Gasteiger partial charge in [-0.2, -0.15) is 11.3 Å². The maximum Gasteiger partial charge on any atom is 0.181 e. The summed E-state index contributed by atoms with van der Waals surface area (Å²) in [6, 6.07) is 7.92. The molecule has 0 unspecified atom stereocenters. The first kappa shape index (κ1) is 13.7. The van der Waals surface area contributed by atoms with Crippen molar-refractivity contribution >= 4 is 28.2 Å². The number of nitrogen functional groups attached to an aromatic ring is 1. The summed E-state index contributed by atoms with van der Waals surface area (Å²) in [7, 11) is 0. The van der Waals surface area contributed by atoms with Crippen LogP contribution >= 0.6 is 11.3 Å². The third kappa shape index (κ3) is 2.51. The molecule has 7 heteroatoms. The van der Waals surface area contributed by atoms with E-state index in [0.29, 0.717) is 28.4 Å². The largest absolute Gasteiger partial charge is 0.452 e. The zero-order valence-corrected chi connectivity index (χ0v) is 12.6. The van der Waals surface area contributed by atoms with Crippen LogP contribution in [-0.2, 0) is 0 Å². The molecule has 0 fully saturated rings. The fourth-order valence-electron chi connectivity index (χ4n) is 2.23. The number of halogens is 1. The number of nitrogens with zero attached hydrogens (tertiary/aromatic N) is 2. The Balaban J connectivity index is 1.78. The number of H-pyrrole nitrogens is 1. The molecule has 5 nitrogen and oxygen atoms in total. The second-order valence-electron chi connectivity index (χ2n) is 4.90. The summed E-state index contributed by atoms with van der Waals surface area (Å²) in [5, 5.41) is 3.95. The molecule has 0 aliphatic heterocycles. The van der Waals surface area contributed by atoms with E-state index in [1.165, 1.54) is 12.1 Å². The van der Waals surface area contributed by atoms with E-state index in [1.807, 2.05) is 16.8 Å². The first-order valence-corrected chi connectivity index (χ1v) is 7.75. The number of pyridine rings is 1. The van der Waals surface area contributed by atoms with E-state index >= 15 is 0 Å². The van der Waals surface area contributed by atoms with Crippen LogP contribution in [0.5, 0.6) is 11.5 Å². The number of thiophene rings is 1. The van der Waals surface area contributed by atoms with E-state index in [0.717, 1.165) is 5.56 Å². The fourth-order valence-corrected chi connectivity index (χ4v) is 2.87. The highest BCUT2D eigenvalue weighted by molar-refractivity contribution is 7.08. The van der Waals surface area contributed by atoms with Crippen LogP contribution in [0.2, 0.25) is 0 Å². The summed E-state index contributed by atoms with van der Waals surface area (Å²) >= 11 is 1.58. The summed E-state index contributed by atoms with van der Waals surface area (Å²) < 4.78 is 19.6. The molecule has 0 spiro atoms. The Morgan fingerprint density at radius 2 is 2.09 bits per heavy atom. The first-order chi connectivity index (χ1) is 11.2. The molecule has 0 aliphatic rings. The minimum Gasteiger partial charge on any atom is -0.452 e. The van der Waals surface area contributed by atoms with Gasteiger partial charge in [-0.15, -0.1) is 0 Å². The van der Waals surface area contributed by atoms with Gasteiger partial charge < -0.3 is 15.5 Å². The van der Waals surface area contributed by atoms with Gasteiger partial charge in [0.1, 0.15) is 11.3 Å². The third-order valence-electron chi connectivity index (χ3n) is 3.32. The van der Waals surface area contributed by atoms with Crippen LogP contribution in [0.25, 0.3) is 22.6 Å². The van der Waals surface area contributed by atoms with Crippen molar-refractivity contribution in [1.82, 2.24) is 15.0 Å². The van der Waals surface area contributed by atoms with Gasteiger partial charge in [-0.05, 0) is 23.6 Å². The Labute approximate surface area is 134 Å². The number of imidazole rings is 1. The molecule has 114 valence electrons. The molecule has 3 heterocycles. The van der Waals surface area contributed by atoms with Gasteiger partial charge in [-0.1, -0.05) is 0 Å². The Morgan fingerprint density at radius 3 is 2.87 bits per heavy atom. The average Bonchev–Trinajstić information content (AvgIpc) is 3.18. The highest BCUT2D eigenvalue weighted by atomic mass is 32.1. The molecular weight excluding hydrogens is 315 g/mol. The number of anilines is 1. The topological polar surface area (TPSA) is 76.8 Å². The predicted molar refractivity (Wildman–Crippen MR) is 88.1 cm³/mol. The molecule has 0 atom stereocenters. The van der Waals surface area contributed by atoms with Gasteiger partial charge in [-0.3, -0.25) is 0 Å². The van der Waals surface area contributed by atoms with Crippen LogP contribution in [0, 0.1) is 5.82 Å². The van der Waals surface area contributed by atoms with Crippen LogP contribution in [0.3, 0.4) is 0 Å². The molecular formula is C16H11FN4OS. The van der Waals surface area contributed by atoms with Gasteiger partial charge in [0.15, 0.2) is 23.0 Å².